The van der Waals surface area contributed by atoms with Gasteiger partial charge in [-0.2, -0.15) is 11.8 Å². The lowest BCUT2D eigenvalue weighted by Gasteiger charge is -2.34. The van der Waals surface area contributed by atoms with Gasteiger partial charge in [-0.05, 0) is 50.6 Å². The lowest BCUT2D eigenvalue weighted by atomic mass is 10.0. The van der Waals surface area contributed by atoms with Crippen LogP contribution in [-0.2, 0) is 0 Å². The standard InChI is InChI=1S/C15H20FNOS/c1-10-8-15(13(11(2)18)9-14(10)16)17-6-4-12(19-3)5-7-17/h8-9,12H,4-7H2,1-3H3. The molecule has 0 spiro atoms. The van der Waals surface area contributed by atoms with Crippen LogP contribution < -0.4 is 4.90 Å². The number of benzene rings is 1. The van der Waals surface area contributed by atoms with E-state index in [-0.39, 0.29) is 11.6 Å². The van der Waals surface area contributed by atoms with E-state index in [1.807, 2.05) is 17.8 Å². The molecule has 1 fully saturated rings. The summed E-state index contributed by atoms with van der Waals surface area (Å²) in [6.45, 7) is 5.13. The molecule has 0 aliphatic carbocycles. The van der Waals surface area contributed by atoms with Gasteiger partial charge >= 0.3 is 0 Å². The number of aryl methyl sites for hydroxylation is 1. The van der Waals surface area contributed by atoms with Crippen LogP contribution in [0, 0.1) is 12.7 Å². The third-order valence-electron chi connectivity index (χ3n) is 3.77. The van der Waals surface area contributed by atoms with Crippen LogP contribution in [0.3, 0.4) is 0 Å². The number of thioether (sulfide) groups is 1. The van der Waals surface area contributed by atoms with E-state index in [2.05, 4.69) is 11.2 Å². The average Bonchev–Trinajstić information content (AvgIpc) is 2.41. The van der Waals surface area contributed by atoms with Crippen molar-refractivity contribution < 1.29 is 9.18 Å². The van der Waals surface area contributed by atoms with Gasteiger partial charge in [0.05, 0.1) is 0 Å². The number of carbonyl (C=O) groups excluding carboxylic acids is 1. The highest BCUT2D eigenvalue weighted by atomic mass is 32.2. The second-order valence-corrected chi connectivity index (χ2v) is 6.23. The highest BCUT2D eigenvalue weighted by Crippen LogP contribution is 2.30. The van der Waals surface area contributed by atoms with Gasteiger partial charge in [-0.1, -0.05) is 0 Å². The van der Waals surface area contributed by atoms with E-state index in [0.717, 1.165) is 31.6 Å². The Morgan fingerprint density at radius 3 is 2.53 bits per heavy atom. The summed E-state index contributed by atoms with van der Waals surface area (Å²) in [5.74, 6) is -0.367. The molecule has 19 heavy (non-hydrogen) atoms. The zero-order valence-corrected chi connectivity index (χ0v) is 12.5. The van der Waals surface area contributed by atoms with Crippen LogP contribution in [0.15, 0.2) is 12.1 Å². The van der Waals surface area contributed by atoms with Crippen molar-refractivity contribution in [2.24, 2.45) is 0 Å². The van der Waals surface area contributed by atoms with Crippen LogP contribution >= 0.6 is 11.8 Å². The van der Waals surface area contributed by atoms with E-state index in [4.69, 9.17) is 0 Å². The molecule has 1 aromatic carbocycles. The number of nitrogens with zero attached hydrogens (tertiary/aromatic N) is 1. The monoisotopic (exact) mass is 281 g/mol. The lowest BCUT2D eigenvalue weighted by molar-refractivity contribution is 0.101. The maximum absolute atomic E-state index is 13.6. The molecule has 0 amide bonds. The molecule has 2 nitrogen and oxygen atoms in total. The first-order valence-corrected chi connectivity index (χ1v) is 7.90. The van der Waals surface area contributed by atoms with Crippen molar-refractivity contribution in [3.05, 3.63) is 29.1 Å². The van der Waals surface area contributed by atoms with E-state index in [0.29, 0.717) is 16.4 Å². The molecule has 2 rings (SSSR count). The van der Waals surface area contributed by atoms with Crippen LogP contribution in [0.1, 0.15) is 35.7 Å². The fourth-order valence-electron chi connectivity index (χ4n) is 2.54. The second kappa shape index (κ2) is 5.95. The molecule has 4 heteroatoms. The van der Waals surface area contributed by atoms with Crippen LogP contribution in [-0.4, -0.2) is 30.4 Å². The van der Waals surface area contributed by atoms with Crippen molar-refractivity contribution >= 4 is 23.2 Å². The summed E-state index contributed by atoms with van der Waals surface area (Å²) in [6, 6.07) is 3.19. The first kappa shape index (κ1) is 14.4. The van der Waals surface area contributed by atoms with Gasteiger partial charge in [0, 0.05) is 29.6 Å². The predicted octanol–water partition coefficient (Wildman–Crippen LogP) is 3.67. The Bertz CT molecular complexity index is 481. The predicted molar refractivity (Wildman–Crippen MR) is 79.9 cm³/mol. The number of Topliss-reactive ketones (excluding diaryl/α,β-unsaturated/α-hetero) is 1. The van der Waals surface area contributed by atoms with E-state index in [1.165, 1.54) is 13.0 Å². The minimum atomic E-state index is -0.298. The zero-order chi connectivity index (χ0) is 14.0. The van der Waals surface area contributed by atoms with Crippen LogP contribution in [0.5, 0.6) is 0 Å². The number of hydrogen-bond donors (Lipinski definition) is 0. The molecule has 0 unspecified atom stereocenters. The Morgan fingerprint density at radius 1 is 1.37 bits per heavy atom. The minimum absolute atomic E-state index is 0.0686. The number of anilines is 1. The number of rotatable bonds is 3. The maximum Gasteiger partial charge on any atom is 0.161 e. The lowest BCUT2D eigenvalue weighted by Crippen LogP contribution is -2.35. The fraction of sp³-hybridized carbons (Fsp3) is 0.533. The van der Waals surface area contributed by atoms with Crippen molar-refractivity contribution in [2.45, 2.75) is 31.9 Å². The third kappa shape index (κ3) is 3.11. The molecule has 0 bridgehead atoms. The minimum Gasteiger partial charge on any atom is -0.371 e. The van der Waals surface area contributed by atoms with Gasteiger partial charge in [-0.15, -0.1) is 0 Å². The smallest absolute Gasteiger partial charge is 0.161 e. The van der Waals surface area contributed by atoms with E-state index < -0.39 is 0 Å². The number of piperidine rings is 1. The molecule has 104 valence electrons. The van der Waals surface area contributed by atoms with Gasteiger partial charge in [-0.25, -0.2) is 4.39 Å². The quantitative estimate of drug-likeness (QED) is 0.789. The Balaban J connectivity index is 2.29. The highest BCUT2D eigenvalue weighted by Gasteiger charge is 2.22. The third-order valence-corrected chi connectivity index (χ3v) is 4.91. The van der Waals surface area contributed by atoms with E-state index in [1.54, 1.807) is 6.92 Å². The van der Waals surface area contributed by atoms with Gasteiger partial charge in [0.2, 0.25) is 0 Å². The molecule has 0 aromatic heterocycles. The summed E-state index contributed by atoms with van der Waals surface area (Å²) in [5.41, 5.74) is 2.00. The van der Waals surface area contributed by atoms with Crippen molar-refractivity contribution in [3.8, 4) is 0 Å². The topological polar surface area (TPSA) is 20.3 Å². The van der Waals surface area contributed by atoms with Crippen LogP contribution in [0.25, 0.3) is 0 Å². The van der Waals surface area contributed by atoms with Crippen LogP contribution in [0.4, 0.5) is 10.1 Å². The first-order chi connectivity index (χ1) is 9.02. The molecular formula is C15H20FNOS. The molecule has 0 N–H and O–H groups in total. The summed E-state index contributed by atoms with van der Waals surface area (Å²) in [4.78, 5) is 13.9. The molecular weight excluding hydrogens is 261 g/mol. The SMILES string of the molecule is CSC1CCN(c2cc(C)c(F)cc2C(C)=O)CC1. The average molecular weight is 281 g/mol. The molecule has 0 atom stereocenters. The zero-order valence-electron chi connectivity index (χ0n) is 11.7. The van der Waals surface area contributed by atoms with E-state index >= 15 is 0 Å². The second-order valence-electron chi connectivity index (χ2n) is 5.10. The van der Waals surface area contributed by atoms with Crippen molar-refractivity contribution in [1.82, 2.24) is 0 Å². The summed E-state index contributed by atoms with van der Waals surface area (Å²) in [7, 11) is 0. The van der Waals surface area contributed by atoms with Gasteiger partial charge < -0.3 is 4.90 Å². The molecule has 0 saturated carbocycles. The fourth-order valence-corrected chi connectivity index (χ4v) is 3.22. The number of hydrogen-bond acceptors (Lipinski definition) is 3. The molecule has 1 aliphatic heterocycles. The Kier molecular flexibility index (Phi) is 4.50. The molecule has 1 saturated heterocycles. The van der Waals surface area contributed by atoms with E-state index in [9.17, 15) is 9.18 Å². The Labute approximate surface area is 118 Å². The van der Waals surface area contributed by atoms with Gasteiger partial charge in [0.1, 0.15) is 5.82 Å². The van der Waals surface area contributed by atoms with Crippen molar-refractivity contribution in [1.29, 1.82) is 0 Å². The molecule has 1 heterocycles. The maximum atomic E-state index is 13.6. The molecule has 0 radical (unpaired) electrons. The summed E-state index contributed by atoms with van der Waals surface area (Å²) < 4.78 is 13.6. The molecule has 1 aliphatic rings. The van der Waals surface area contributed by atoms with Gasteiger partial charge in [0.15, 0.2) is 5.78 Å². The highest BCUT2D eigenvalue weighted by molar-refractivity contribution is 7.99. The largest absolute Gasteiger partial charge is 0.371 e. The number of halogens is 1. The molecule has 1 aromatic rings. The number of ketones is 1. The first-order valence-electron chi connectivity index (χ1n) is 6.61. The Hall–Kier alpha value is -1.03. The number of carbonyl (C=O) groups is 1. The summed E-state index contributed by atoms with van der Waals surface area (Å²) >= 11 is 1.91. The van der Waals surface area contributed by atoms with Crippen molar-refractivity contribution in [2.75, 3.05) is 24.2 Å². The van der Waals surface area contributed by atoms with Gasteiger partial charge in [0.25, 0.3) is 0 Å². The Morgan fingerprint density at radius 2 is 2.00 bits per heavy atom. The van der Waals surface area contributed by atoms with Crippen molar-refractivity contribution in [3.63, 3.8) is 0 Å². The summed E-state index contributed by atoms with van der Waals surface area (Å²) in [5, 5.41) is 0.707. The summed E-state index contributed by atoms with van der Waals surface area (Å²) in [6.07, 6.45) is 4.38. The van der Waals surface area contributed by atoms with Gasteiger partial charge in [-0.3, -0.25) is 4.79 Å². The normalized spacial score (nSPS) is 16.7. The van der Waals surface area contributed by atoms with Crippen LogP contribution in [0.2, 0.25) is 0 Å².